The lowest BCUT2D eigenvalue weighted by Crippen LogP contribution is -2.31. The number of allylic oxidation sites excluding steroid dienone is 4. The lowest BCUT2D eigenvalue weighted by atomic mass is 9.64. The van der Waals surface area contributed by atoms with Crippen molar-refractivity contribution in [2.75, 3.05) is 0 Å². The van der Waals surface area contributed by atoms with Crippen LogP contribution < -0.4 is 0 Å². The molecule has 0 nitrogen and oxygen atoms in total. The summed E-state index contributed by atoms with van der Waals surface area (Å²) < 4.78 is 0. The van der Waals surface area contributed by atoms with Crippen LogP contribution in [-0.2, 0) is 0 Å². The van der Waals surface area contributed by atoms with Crippen molar-refractivity contribution in [2.24, 2.45) is 10.8 Å². The molecule has 0 unspecified atom stereocenters. The molecular weight excluding hydrogens is 192 g/mol. The zero-order chi connectivity index (χ0) is 13.3. The van der Waals surface area contributed by atoms with Crippen molar-refractivity contribution in [3.05, 3.63) is 22.3 Å². The molecular formula is C16H30. The maximum absolute atomic E-state index is 2.35. The lowest BCUT2D eigenvalue weighted by Gasteiger charge is -2.41. The molecule has 0 atom stereocenters. The van der Waals surface area contributed by atoms with E-state index in [1.54, 1.807) is 0 Å². The first-order valence-electron chi connectivity index (χ1n) is 6.25. The van der Waals surface area contributed by atoms with Gasteiger partial charge in [0, 0.05) is 0 Å². The minimum absolute atomic E-state index is 0.230. The predicted octanol–water partition coefficient (Wildman–Crippen LogP) is 5.75. The maximum Gasteiger partial charge on any atom is -0.00931 e. The van der Waals surface area contributed by atoms with Gasteiger partial charge in [-0.2, -0.15) is 0 Å². The van der Waals surface area contributed by atoms with Gasteiger partial charge in [0.2, 0.25) is 0 Å². The molecule has 0 N–H and O–H groups in total. The molecule has 0 heteroatoms. The van der Waals surface area contributed by atoms with Gasteiger partial charge in [-0.15, -0.1) is 0 Å². The van der Waals surface area contributed by atoms with Crippen LogP contribution in [0.5, 0.6) is 0 Å². The Morgan fingerprint density at radius 1 is 0.625 bits per heavy atom. The van der Waals surface area contributed by atoms with Crippen LogP contribution in [0.1, 0.15) is 69.2 Å². The summed E-state index contributed by atoms with van der Waals surface area (Å²) in [6.07, 6.45) is 0. The highest BCUT2D eigenvalue weighted by atomic mass is 14.4. The van der Waals surface area contributed by atoms with Crippen LogP contribution in [0.4, 0.5) is 0 Å². The Kier molecular flexibility index (Phi) is 4.62. The summed E-state index contributed by atoms with van der Waals surface area (Å²) in [6.45, 7) is 22.8. The molecule has 0 saturated carbocycles. The van der Waals surface area contributed by atoms with Gasteiger partial charge in [0.15, 0.2) is 0 Å². The van der Waals surface area contributed by atoms with E-state index in [1.165, 1.54) is 22.3 Å². The van der Waals surface area contributed by atoms with E-state index < -0.39 is 0 Å². The van der Waals surface area contributed by atoms with E-state index in [0.717, 1.165) is 0 Å². The van der Waals surface area contributed by atoms with Crippen molar-refractivity contribution in [3.63, 3.8) is 0 Å². The van der Waals surface area contributed by atoms with Crippen molar-refractivity contribution in [1.82, 2.24) is 0 Å². The highest BCUT2D eigenvalue weighted by molar-refractivity contribution is 5.37. The molecule has 0 saturated heterocycles. The summed E-state index contributed by atoms with van der Waals surface area (Å²) in [7, 11) is 0. The third-order valence-corrected chi connectivity index (χ3v) is 4.69. The normalized spacial score (nSPS) is 14.6. The quantitative estimate of drug-likeness (QED) is 0.522. The summed E-state index contributed by atoms with van der Waals surface area (Å²) in [5.41, 5.74) is 6.35. The van der Waals surface area contributed by atoms with Gasteiger partial charge in [-0.05, 0) is 56.6 Å². The minimum atomic E-state index is 0.230. The highest BCUT2D eigenvalue weighted by Gasteiger charge is 2.35. The summed E-state index contributed by atoms with van der Waals surface area (Å²) in [5, 5.41) is 0. The summed E-state index contributed by atoms with van der Waals surface area (Å²) in [4.78, 5) is 0. The fraction of sp³-hybridized carbons (Fsp3) is 0.750. The van der Waals surface area contributed by atoms with Crippen LogP contribution in [0.15, 0.2) is 22.3 Å². The van der Waals surface area contributed by atoms with Gasteiger partial charge in [-0.25, -0.2) is 0 Å². The van der Waals surface area contributed by atoms with Crippen molar-refractivity contribution >= 4 is 0 Å². The van der Waals surface area contributed by atoms with Crippen LogP contribution >= 0.6 is 0 Å². The Hall–Kier alpha value is -0.520. The summed E-state index contributed by atoms with van der Waals surface area (Å²) in [5.74, 6) is 0. The van der Waals surface area contributed by atoms with Crippen molar-refractivity contribution in [1.29, 1.82) is 0 Å². The van der Waals surface area contributed by atoms with Gasteiger partial charge in [-0.1, -0.05) is 45.8 Å². The lowest BCUT2D eigenvalue weighted by molar-refractivity contribution is 0.176. The highest BCUT2D eigenvalue weighted by Crippen LogP contribution is 2.45. The molecule has 0 amide bonds. The van der Waals surface area contributed by atoms with Gasteiger partial charge in [0.25, 0.3) is 0 Å². The first-order valence-corrected chi connectivity index (χ1v) is 6.25. The Morgan fingerprint density at radius 2 is 1.00 bits per heavy atom. The van der Waals surface area contributed by atoms with Crippen molar-refractivity contribution < 1.29 is 0 Å². The number of hydrogen-bond acceptors (Lipinski definition) is 0. The third kappa shape index (κ3) is 2.99. The molecule has 0 radical (unpaired) electrons. The third-order valence-electron chi connectivity index (χ3n) is 4.69. The second-order valence-corrected chi connectivity index (χ2v) is 6.75. The Morgan fingerprint density at radius 3 is 1.25 bits per heavy atom. The minimum Gasteiger partial charge on any atom is -0.0732 e. The van der Waals surface area contributed by atoms with Gasteiger partial charge < -0.3 is 0 Å². The molecule has 0 aliphatic rings. The predicted molar refractivity (Wildman–Crippen MR) is 75.7 cm³/mol. The molecule has 0 aromatic carbocycles. The molecule has 0 aromatic heterocycles. The Balaban J connectivity index is 5.60. The monoisotopic (exact) mass is 222 g/mol. The van der Waals surface area contributed by atoms with Crippen molar-refractivity contribution in [2.45, 2.75) is 69.2 Å². The fourth-order valence-corrected chi connectivity index (χ4v) is 1.69. The van der Waals surface area contributed by atoms with Gasteiger partial charge in [-0.3, -0.25) is 0 Å². The molecule has 0 rings (SSSR count). The maximum atomic E-state index is 2.35. The van der Waals surface area contributed by atoms with E-state index in [2.05, 4.69) is 69.2 Å². The molecule has 0 fully saturated rings. The van der Waals surface area contributed by atoms with Gasteiger partial charge in [0.1, 0.15) is 0 Å². The summed E-state index contributed by atoms with van der Waals surface area (Å²) >= 11 is 0. The van der Waals surface area contributed by atoms with Crippen LogP contribution in [0.25, 0.3) is 0 Å². The summed E-state index contributed by atoms with van der Waals surface area (Å²) in [6, 6.07) is 0. The van der Waals surface area contributed by atoms with Gasteiger partial charge >= 0.3 is 0 Å². The largest absolute Gasteiger partial charge is 0.0732 e. The molecule has 0 heterocycles. The van der Waals surface area contributed by atoms with E-state index >= 15 is 0 Å². The topological polar surface area (TPSA) is 0 Å². The number of hydrogen-bond donors (Lipinski definition) is 0. The molecule has 16 heavy (non-hydrogen) atoms. The number of rotatable bonds is 2. The molecule has 0 bridgehead atoms. The van der Waals surface area contributed by atoms with E-state index in [1.807, 2.05) is 0 Å². The van der Waals surface area contributed by atoms with Gasteiger partial charge in [0.05, 0.1) is 0 Å². The van der Waals surface area contributed by atoms with Crippen LogP contribution in [0.3, 0.4) is 0 Å². The second-order valence-electron chi connectivity index (χ2n) is 6.75. The smallest absolute Gasteiger partial charge is 0.00931 e. The second kappa shape index (κ2) is 4.77. The molecule has 0 spiro atoms. The first kappa shape index (κ1) is 15.5. The van der Waals surface area contributed by atoms with Crippen molar-refractivity contribution in [3.8, 4) is 0 Å². The Labute approximate surface area is 103 Å². The molecule has 0 aromatic rings. The van der Waals surface area contributed by atoms with E-state index in [9.17, 15) is 0 Å². The van der Waals surface area contributed by atoms with Crippen LogP contribution in [0, 0.1) is 10.8 Å². The average molecular weight is 222 g/mol. The van der Waals surface area contributed by atoms with Crippen LogP contribution in [-0.4, -0.2) is 0 Å². The SMILES string of the molecule is CC(C)=C(C)/C(C)=C(/C)C(C)(C)C(C)(C)C. The Bertz CT molecular complexity index is 312. The zero-order valence-corrected chi connectivity index (χ0v) is 13.0. The average Bonchev–Trinajstić information content (AvgIpc) is 2.12. The zero-order valence-electron chi connectivity index (χ0n) is 13.0. The fourth-order valence-electron chi connectivity index (χ4n) is 1.69. The van der Waals surface area contributed by atoms with E-state index in [0.29, 0.717) is 5.41 Å². The van der Waals surface area contributed by atoms with E-state index in [4.69, 9.17) is 0 Å². The standard InChI is InChI=1S/C16H30/c1-11(2)12(3)13(4)14(5)16(9,10)15(6,7)8/h1-10H3/b14-13-. The molecule has 94 valence electrons. The van der Waals surface area contributed by atoms with Crippen LogP contribution in [0.2, 0.25) is 0 Å². The molecule has 0 aliphatic carbocycles. The van der Waals surface area contributed by atoms with E-state index in [-0.39, 0.29) is 5.41 Å². The first-order chi connectivity index (χ1) is 6.93. The molecule has 0 aliphatic heterocycles.